The average Bonchev–Trinajstić information content (AvgIpc) is 2.84. The third kappa shape index (κ3) is 5.06. The molecule has 1 aromatic heterocycles. The molecule has 0 radical (unpaired) electrons. The van der Waals surface area contributed by atoms with Gasteiger partial charge in [-0.15, -0.1) is 11.3 Å². The van der Waals surface area contributed by atoms with E-state index in [2.05, 4.69) is 11.8 Å². The number of rotatable bonds is 5. The van der Waals surface area contributed by atoms with Gasteiger partial charge in [0.25, 0.3) is 0 Å². The van der Waals surface area contributed by atoms with Gasteiger partial charge in [-0.3, -0.25) is 4.79 Å². The summed E-state index contributed by atoms with van der Waals surface area (Å²) in [7, 11) is 1.84. The first-order valence-electron chi connectivity index (χ1n) is 6.50. The number of hydrogen-bond donors (Lipinski definition) is 1. The molecule has 4 heteroatoms. The number of carbonyl (C=O) groups excluding carboxylic acids is 1. The van der Waals surface area contributed by atoms with Crippen molar-refractivity contribution in [1.29, 1.82) is 0 Å². The van der Waals surface area contributed by atoms with Crippen molar-refractivity contribution in [2.45, 2.75) is 33.2 Å². The fourth-order valence-corrected chi connectivity index (χ4v) is 2.48. The molecular formula is C15H21NO2S. The van der Waals surface area contributed by atoms with Crippen LogP contribution in [0.5, 0.6) is 0 Å². The first-order valence-corrected chi connectivity index (χ1v) is 7.38. The van der Waals surface area contributed by atoms with Crippen molar-refractivity contribution in [3.8, 4) is 11.8 Å². The Morgan fingerprint density at radius 1 is 1.58 bits per heavy atom. The van der Waals surface area contributed by atoms with Crippen LogP contribution in [0.4, 0.5) is 0 Å². The molecule has 0 aliphatic rings. The lowest BCUT2D eigenvalue weighted by Gasteiger charge is -2.19. The summed E-state index contributed by atoms with van der Waals surface area (Å²) in [6, 6.07) is 2.01. The van der Waals surface area contributed by atoms with E-state index in [1.807, 2.05) is 32.3 Å². The summed E-state index contributed by atoms with van der Waals surface area (Å²) >= 11 is 1.61. The highest BCUT2D eigenvalue weighted by atomic mass is 32.1. The third-order valence-electron chi connectivity index (χ3n) is 2.93. The zero-order chi connectivity index (χ0) is 14.3. The number of nitrogens with zero attached hydrogens (tertiary/aromatic N) is 1. The molecule has 104 valence electrons. The zero-order valence-electron chi connectivity index (χ0n) is 11.8. The van der Waals surface area contributed by atoms with Gasteiger partial charge in [-0.2, -0.15) is 0 Å². The van der Waals surface area contributed by atoms with Crippen LogP contribution in [0, 0.1) is 17.8 Å². The van der Waals surface area contributed by atoms with Gasteiger partial charge in [-0.1, -0.05) is 25.7 Å². The SMILES string of the molecule is CCC(C)C(=O)N(C)Cc1cc(C#CCCO)cs1. The fourth-order valence-electron chi connectivity index (χ4n) is 1.61. The van der Waals surface area contributed by atoms with Crippen LogP contribution < -0.4 is 0 Å². The van der Waals surface area contributed by atoms with E-state index in [4.69, 9.17) is 5.11 Å². The lowest BCUT2D eigenvalue weighted by molar-refractivity contribution is -0.134. The van der Waals surface area contributed by atoms with Crippen LogP contribution >= 0.6 is 11.3 Å². The van der Waals surface area contributed by atoms with Gasteiger partial charge in [-0.25, -0.2) is 0 Å². The predicted molar refractivity (Wildman–Crippen MR) is 78.8 cm³/mol. The van der Waals surface area contributed by atoms with E-state index in [0.29, 0.717) is 13.0 Å². The molecule has 1 rings (SSSR count). The fraction of sp³-hybridized carbons (Fsp3) is 0.533. The molecule has 0 bridgehead atoms. The van der Waals surface area contributed by atoms with Gasteiger partial charge in [0.1, 0.15) is 0 Å². The lowest BCUT2D eigenvalue weighted by Crippen LogP contribution is -2.30. The standard InChI is InChI=1S/C15H21NO2S/c1-4-12(2)15(18)16(3)10-14-9-13(11-19-14)7-5-6-8-17/h9,11-12,17H,4,6,8,10H2,1-3H3. The maximum atomic E-state index is 12.0. The molecule has 19 heavy (non-hydrogen) atoms. The highest BCUT2D eigenvalue weighted by molar-refractivity contribution is 7.10. The summed E-state index contributed by atoms with van der Waals surface area (Å²) in [6.07, 6.45) is 1.36. The summed E-state index contributed by atoms with van der Waals surface area (Å²) in [5.41, 5.74) is 0.956. The van der Waals surface area contributed by atoms with Crippen molar-refractivity contribution in [1.82, 2.24) is 4.90 Å². The Hall–Kier alpha value is -1.31. The van der Waals surface area contributed by atoms with E-state index in [1.165, 1.54) is 0 Å². The number of aliphatic hydroxyl groups is 1. The summed E-state index contributed by atoms with van der Waals surface area (Å²) in [5.74, 6) is 6.16. The monoisotopic (exact) mass is 279 g/mol. The second-order valence-electron chi connectivity index (χ2n) is 4.58. The molecule has 0 aliphatic heterocycles. The Labute approximate surface area is 119 Å². The minimum atomic E-state index is 0.0776. The minimum Gasteiger partial charge on any atom is -0.395 e. The molecule has 0 aromatic carbocycles. The van der Waals surface area contributed by atoms with Crippen LogP contribution in [-0.4, -0.2) is 29.6 Å². The summed E-state index contributed by atoms with van der Waals surface area (Å²) in [4.78, 5) is 14.9. The molecule has 1 aromatic rings. The largest absolute Gasteiger partial charge is 0.395 e. The molecule has 1 atom stereocenters. The molecule has 1 unspecified atom stereocenters. The van der Waals surface area contributed by atoms with E-state index < -0.39 is 0 Å². The minimum absolute atomic E-state index is 0.0776. The summed E-state index contributed by atoms with van der Waals surface area (Å²) in [5, 5.41) is 10.6. The average molecular weight is 279 g/mol. The lowest BCUT2D eigenvalue weighted by atomic mass is 10.1. The topological polar surface area (TPSA) is 40.5 Å². The number of hydrogen-bond acceptors (Lipinski definition) is 3. The Balaban J connectivity index is 2.59. The van der Waals surface area contributed by atoms with Crippen molar-refractivity contribution >= 4 is 17.2 Å². The normalized spacial score (nSPS) is 11.6. The quantitative estimate of drug-likeness (QED) is 0.841. The molecule has 0 aliphatic carbocycles. The highest BCUT2D eigenvalue weighted by Gasteiger charge is 2.16. The molecule has 0 saturated carbocycles. The molecule has 1 N–H and O–H groups in total. The predicted octanol–water partition coefficient (Wildman–Crippen LogP) is 2.49. The van der Waals surface area contributed by atoms with Gasteiger partial charge in [0, 0.05) is 35.2 Å². The van der Waals surface area contributed by atoms with Crippen molar-refractivity contribution in [2.24, 2.45) is 5.92 Å². The van der Waals surface area contributed by atoms with Crippen LogP contribution in [0.2, 0.25) is 0 Å². The van der Waals surface area contributed by atoms with Gasteiger partial charge in [0.05, 0.1) is 13.2 Å². The second-order valence-corrected chi connectivity index (χ2v) is 5.58. The van der Waals surface area contributed by atoms with Crippen LogP contribution in [0.3, 0.4) is 0 Å². The molecule has 3 nitrogen and oxygen atoms in total. The van der Waals surface area contributed by atoms with E-state index >= 15 is 0 Å². The van der Waals surface area contributed by atoms with Crippen molar-refractivity contribution in [2.75, 3.05) is 13.7 Å². The highest BCUT2D eigenvalue weighted by Crippen LogP contribution is 2.17. The molecular weight excluding hydrogens is 258 g/mol. The van der Waals surface area contributed by atoms with E-state index in [0.717, 1.165) is 16.9 Å². The maximum absolute atomic E-state index is 12.0. The number of thiophene rings is 1. The van der Waals surface area contributed by atoms with Crippen LogP contribution in [-0.2, 0) is 11.3 Å². The summed E-state index contributed by atoms with van der Waals surface area (Å²) in [6.45, 7) is 4.71. The van der Waals surface area contributed by atoms with Crippen LogP contribution in [0.25, 0.3) is 0 Å². The van der Waals surface area contributed by atoms with Crippen molar-refractivity contribution < 1.29 is 9.90 Å². The number of aliphatic hydroxyl groups excluding tert-OH is 1. The van der Waals surface area contributed by atoms with Gasteiger partial charge in [0.2, 0.25) is 5.91 Å². The van der Waals surface area contributed by atoms with Gasteiger partial charge < -0.3 is 10.0 Å². The number of carbonyl (C=O) groups is 1. The second kappa shape index (κ2) is 7.98. The maximum Gasteiger partial charge on any atom is 0.225 e. The van der Waals surface area contributed by atoms with Gasteiger partial charge in [0.15, 0.2) is 0 Å². The Morgan fingerprint density at radius 3 is 2.95 bits per heavy atom. The molecule has 0 fully saturated rings. The molecule has 1 amide bonds. The molecule has 0 saturated heterocycles. The van der Waals surface area contributed by atoms with E-state index in [9.17, 15) is 4.79 Å². The van der Waals surface area contributed by atoms with E-state index in [1.54, 1.807) is 16.2 Å². The van der Waals surface area contributed by atoms with Gasteiger partial charge in [-0.05, 0) is 12.5 Å². The van der Waals surface area contributed by atoms with Crippen molar-refractivity contribution in [3.63, 3.8) is 0 Å². The van der Waals surface area contributed by atoms with Crippen LogP contribution in [0.15, 0.2) is 11.4 Å². The van der Waals surface area contributed by atoms with Gasteiger partial charge >= 0.3 is 0 Å². The molecule has 1 heterocycles. The third-order valence-corrected chi connectivity index (χ3v) is 3.85. The number of amides is 1. The first-order chi connectivity index (χ1) is 9.08. The van der Waals surface area contributed by atoms with E-state index in [-0.39, 0.29) is 18.4 Å². The zero-order valence-corrected chi connectivity index (χ0v) is 12.6. The Kier molecular flexibility index (Phi) is 6.61. The first kappa shape index (κ1) is 15.7. The Morgan fingerprint density at radius 2 is 2.32 bits per heavy atom. The summed E-state index contributed by atoms with van der Waals surface area (Å²) < 4.78 is 0. The van der Waals surface area contributed by atoms with Crippen molar-refractivity contribution in [3.05, 3.63) is 21.9 Å². The Bertz CT molecular complexity index is 470. The molecule has 0 spiro atoms. The van der Waals surface area contributed by atoms with Crippen LogP contribution in [0.1, 0.15) is 37.1 Å². The smallest absolute Gasteiger partial charge is 0.225 e.